The van der Waals surface area contributed by atoms with Gasteiger partial charge in [-0.05, 0) is 65.8 Å². The molecule has 0 atom stereocenters. The van der Waals surface area contributed by atoms with Gasteiger partial charge in [0.2, 0.25) is 0 Å². The predicted molar refractivity (Wildman–Crippen MR) is 88.0 cm³/mol. The lowest BCUT2D eigenvalue weighted by atomic mass is 10.0. The molecule has 0 saturated carbocycles. The average molecular weight is 386 g/mol. The van der Waals surface area contributed by atoms with Crippen LogP contribution in [0.3, 0.4) is 0 Å². The van der Waals surface area contributed by atoms with Crippen LogP contribution < -0.4 is 5.32 Å². The van der Waals surface area contributed by atoms with Crippen molar-refractivity contribution in [3.8, 4) is 0 Å². The monoisotopic (exact) mass is 385 g/mol. The lowest BCUT2D eigenvalue weighted by molar-refractivity contribution is 0.102. The molecule has 1 N–H and O–H groups in total. The number of anilines is 1. The number of hydrogen-bond acceptors (Lipinski definition) is 1. The van der Waals surface area contributed by atoms with Crippen LogP contribution in [-0.4, -0.2) is 5.91 Å². The molecule has 0 aromatic heterocycles. The number of benzene rings is 2. The van der Waals surface area contributed by atoms with E-state index in [4.69, 9.17) is 11.6 Å². The van der Waals surface area contributed by atoms with Gasteiger partial charge < -0.3 is 5.32 Å². The van der Waals surface area contributed by atoms with E-state index < -0.39 is 0 Å². The molecule has 0 aliphatic carbocycles. The van der Waals surface area contributed by atoms with Crippen molar-refractivity contribution in [2.75, 3.05) is 5.32 Å². The van der Waals surface area contributed by atoms with E-state index in [1.807, 2.05) is 50.2 Å². The second kappa shape index (κ2) is 5.92. The number of aryl methyl sites for hydroxylation is 2. The molecule has 0 spiro atoms. The first kappa shape index (κ1) is 14.3. The summed E-state index contributed by atoms with van der Waals surface area (Å²) in [6.45, 7) is 3.86. The van der Waals surface area contributed by atoms with Crippen molar-refractivity contribution < 1.29 is 4.79 Å². The number of carbonyl (C=O) groups is 1. The number of rotatable bonds is 2. The summed E-state index contributed by atoms with van der Waals surface area (Å²) in [7, 11) is 0. The van der Waals surface area contributed by atoms with E-state index >= 15 is 0 Å². The highest BCUT2D eigenvalue weighted by molar-refractivity contribution is 14.1. The Kier molecular flexibility index (Phi) is 4.47. The highest BCUT2D eigenvalue weighted by Gasteiger charge is 2.13. The summed E-state index contributed by atoms with van der Waals surface area (Å²) in [5.41, 5.74) is 3.25. The van der Waals surface area contributed by atoms with Crippen LogP contribution in [0.4, 0.5) is 5.69 Å². The molecule has 0 fully saturated rings. The van der Waals surface area contributed by atoms with Crippen molar-refractivity contribution in [1.82, 2.24) is 0 Å². The summed E-state index contributed by atoms with van der Waals surface area (Å²) >= 11 is 8.30. The third-order valence-corrected chi connectivity index (χ3v) is 3.87. The molecule has 2 nitrogen and oxygen atoms in total. The van der Waals surface area contributed by atoms with Gasteiger partial charge in [-0.2, -0.15) is 0 Å². The molecule has 2 aromatic carbocycles. The van der Waals surface area contributed by atoms with Gasteiger partial charge in [-0.1, -0.05) is 29.8 Å². The topological polar surface area (TPSA) is 29.1 Å². The van der Waals surface area contributed by atoms with Crippen LogP contribution in [0, 0.1) is 17.4 Å². The number of carbonyl (C=O) groups excluding carboxylic acids is 1. The molecule has 98 valence electrons. The molecular weight excluding hydrogens is 373 g/mol. The Morgan fingerprint density at radius 1 is 1.16 bits per heavy atom. The molecule has 2 aromatic rings. The van der Waals surface area contributed by atoms with Crippen molar-refractivity contribution in [1.29, 1.82) is 0 Å². The van der Waals surface area contributed by atoms with E-state index in [1.54, 1.807) is 0 Å². The van der Waals surface area contributed by atoms with Gasteiger partial charge in [-0.3, -0.25) is 4.79 Å². The lowest BCUT2D eigenvalue weighted by Crippen LogP contribution is -2.15. The summed E-state index contributed by atoms with van der Waals surface area (Å²) in [5, 5.41) is 3.41. The maximum absolute atomic E-state index is 12.3. The van der Waals surface area contributed by atoms with E-state index in [0.29, 0.717) is 16.3 Å². The fraction of sp³-hybridized carbons (Fsp3) is 0.133. The van der Waals surface area contributed by atoms with Crippen molar-refractivity contribution in [3.05, 3.63) is 61.7 Å². The lowest BCUT2D eigenvalue weighted by Gasteiger charge is -2.11. The van der Waals surface area contributed by atoms with Crippen LogP contribution >= 0.6 is 34.2 Å². The molecule has 1 amide bonds. The van der Waals surface area contributed by atoms with Crippen LogP contribution in [0.2, 0.25) is 5.02 Å². The second-order valence-electron chi connectivity index (χ2n) is 4.35. The predicted octanol–water partition coefficient (Wildman–Crippen LogP) is 4.81. The molecule has 19 heavy (non-hydrogen) atoms. The van der Waals surface area contributed by atoms with Crippen LogP contribution in [0.15, 0.2) is 36.4 Å². The van der Waals surface area contributed by atoms with Gasteiger partial charge >= 0.3 is 0 Å². The summed E-state index contributed by atoms with van der Waals surface area (Å²) < 4.78 is 1.03. The highest BCUT2D eigenvalue weighted by atomic mass is 127. The molecular formula is C15H13ClINO. The van der Waals surface area contributed by atoms with E-state index in [2.05, 4.69) is 27.9 Å². The first-order valence-electron chi connectivity index (χ1n) is 5.81. The van der Waals surface area contributed by atoms with Crippen molar-refractivity contribution in [3.63, 3.8) is 0 Å². The van der Waals surface area contributed by atoms with Crippen LogP contribution in [0.1, 0.15) is 21.5 Å². The van der Waals surface area contributed by atoms with E-state index in [1.165, 1.54) is 0 Å². The largest absolute Gasteiger partial charge is 0.321 e. The van der Waals surface area contributed by atoms with Gasteiger partial charge in [0.25, 0.3) is 5.91 Å². The highest BCUT2D eigenvalue weighted by Crippen LogP contribution is 2.25. The maximum atomic E-state index is 12.3. The van der Waals surface area contributed by atoms with E-state index in [-0.39, 0.29) is 5.91 Å². The Labute approximate surface area is 131 Å². The first-order chi connectivity index (χ1) is 8.99. The summed E-state index contributed by atoms with van der Waals surface area (Å²) in [6, 6.07) is 11.3. The molecule has 0 aliphatic heterocycles. The number of hydrogen-bond donors (Lipinski definition) is 1. The summed E-state index contributed by atoms with van der Waals surface area (Å²) in [4.78, 5) is 12.3. The minimum atomic E-state index is -0.126. The van der Waals surface area contributed by atoms with Crippen molar-refractivity contribution in [2.24, 2.45) is 0 Å². The number of amides is 1. The minimum absolute atomic E-state index is 0.126. The first-order valence-corrected chi connectivity index (χ1v) is 7.27. The Bertz CT molecular complexity index is 620. The van der Waals surface area contributed by atoms with Crippen molar-refractivity contribution >= 4 is 45.8 Å². The summed E-state index contributed by atoms with van der Waals surface area (Å²) in [6.07, 6.45) is 0. The molecule has 4 heteroatoms. The zero-order valence-electron chi connectivity index (χ0n) is 10.6. The Hall–Kier alpha value is -1.07. The van der Waals surface area contributed by atoms with Gasteiger partial charge in [0.05, 0.1) is 10.7 Å². The fourth-order valence-corrected chi connectivity index (χ4v) is 2.85. The normalized spacial score (nSPS) is 10.3. The third kappa shape index (κ3) is 3.28. The summed E-state index contributed by atoms with van der Waals surface area (Å²) in [5.74, 6) is -0.126. The average Bonchev–Trinajstić information content (AvgIpc) is 2.32. The third-order valence-electron chi connectivity index (χ3n) is 2.89. The zero-order valence-corrected chi connectivity index (χ0v) is 13.5. The van der Waals surface area contributed by atoms with Gasteiger partial charge in [-0.25, -0.2) is 0 Å². The Morgan fingerprint density at radius 2 is 1.79 bits per heavy atom. The van der Waals surface area contributed by atoms with E-state index in [9.17, 15) is 4.79 Å². The van der Waals surface area contributed by atoms with Gasteiger partial charge in [0.1, 0.15) is 0 Å². The molecule has 0 aliphatic rings. The van der Waals surface area contributed by atoms with Gasteiger partial charge in [-0.15, -0.1) is 0 Å². The second-order valence-corrected chi connectivity index (χ2v) is 6.00. The van der Waals surface area contributed by atoms with Crippen molar-refractivity contribution in [2.45, 2.75) is 13.8 Å². The molecule has 0 heterocycles. The Morgan fingerprint density at radius 3 is 2.37 bits per heavy atom. The van der Waals surface area contributed by atoms with Crippen LogP contribution in [0.25, 0.3) is 0 Å². The molecule has 0 unspecified atom stereocenters. The number of nitrogens with one attached hydrogen (secondary N) is 1. The Balaban J connectivity index is 2.31. The zero-order chi connectivity index (χ0) is 14.0. The minimum Gasteiger partial charge on any atom is -0.321 e. The SMILES string of the molecule is Cc1cccc(C)c1C(=O)Nc1ccc(I)cc1Cl. The molecule has 0 saturated heterocycles. The molecule has 0 radical (unpaired) electrons. The van der Waals surface area contributed by atoms with Gasteiger partial charge in [0.15, 0.2) is 0 Å². The standard InChI is InChI=1S/C15H13ClINO/c1-9-4-3-5-10(2)14(9)15(19)18-13-7-6-11(17)8-12(13)16/h3-8H,1-2H3,(H,18,19). The van der Waals surface area contributed by atoms with E-state index in [0.717, 1.165) is 14.7 Å². The van der Waals surface area contributed by atoms with Gasteiger partial charge in [0, 0.05) is 9.13 Å². The quantitative estimate of drug-likeness (QED) is 0.738. The van der Waals surface area contributed by atoms with Crippen LogP contribution in [-0.2, 0) is 0 Å². The fourth-order valence-electron chi connectivity index (χ4n) is 1.95. The number of halogens is 2. The smallest absolute Gasteiger partial charge is 0.256 e. The molecule has 2 rings (SSSR count). The molecule has 0 bridgehead atoms. The maximum Gasteiger partial charge on any atom is 0.256 e. The van der Waals surface area contributed by atoms with Crippen LogP contribution in [0.5, 0.6) is 0 Å².